The van der Waals surface area contributed by atoms with E-state index in [1.54, 1.807) is 11.9 Å². The highest BCUT2D eigenvalue weighted by molar-refractivity contribution is 5.80. The highest BCUT2D eigenvalue weighted by Crippen LogP contribution is 2.11. The summed E-state index contributed by atoms with van der Waals surface area (Å²) in [6.07, 6.45) is 0. The van der Waals surface area contributed by atoms with Crippen molar-refractivity contribution in [2.45, 2.75) is 20.8 Å². The van der Waals surface area contributed by atoms with Crippen molar-refractivity contribution in [3.63, 3.8) is 0 Å². The predicted molar refractivity (Wildman–Crippen MR) is 76.5 cm³/mol. The first kappa shape index (κ1) is 15.9. The van der Waals surface area contributed by atoms with E-state index in [0.29, 0.717) is 25.0 Å². The van der Waals surface area contributed by atoms with Crippen LogP contribution in [0.25, 0.3) is 0 Å². The average molecular weight is 282 g/mol. The number of carbonyl (C=O) groups is 1. The number of amides is 1. The number of hydrogen-bond donors (Lipinski definition) is 2. The SMILES string of the molecule is CCOc1nc(N)nc(N(C)CC(=O)NCC(C)C)n1. The number of nitrogens with two attached hydrogens (primary N) is 1. The van der Waals surface area contributed by atoms with Crippen molar-refractivity contribution < 1.29 is 9.53 Å². The number of rotatable bonds is 7. The van der Waals surface area contributed by atoms with Crippen LogP contribution in [0.1, 0.15) is 20.8 Å². The molecule has 0 atom stereocenters. The van der Waals surface area contributed by atoms with E-state index in [1.807, 2.05) is 20.8 Å². The standard InChI is InChI=1S/C12H22N6O2/c1-5-20-12-16-10(13)15-11(17-12)18(4)7-9(19)14-6-8(2)3/h8H,5-7H2,1-4H3,(H,14,19)(H2,13,15,16,17). The van der Waals surface area contributed by atoms with E-state index in [4.69, 9.17) is 10.5 Å². The minimum absolute atomic E-state index is 0.0629. The Hall–Kier alpha value is -2.12. The third-order valence-electron chi connectivity index (χ3n) is 2.32. The molecule has 20 heavy (non-hydrogen) atoms. The molecule has 0 spiro atoms. The zero-order chi connectivity index (χ0) is 15.1. The molecule has 1 amide bonds. The Bertz CT molecular complexity index is 452. The molecule has 3 N–H and O–H groups in total. The van der Waals surface area contributed by atoms with Crippen LogP contribution in [-0.4, -0.2) is 47.6 Å². The molecular formula is C12H22N6O2. The molecule has 1 rings (SSSR count). The zero-order valence-corrected chi connectivity index (χ0v) is 12.4. The molecule has 0 aliphatic rings. The Balaban J connectivity index is 2.66. The second-order valence-electron chi connectivity index (χ2n) is 4.76. The number of nitrogens with one attached hydrogen (secondary N) is 1. The number of nitrogen functional groups attached to an aromatic ring is 1. The summed E-state index contributed by atoms with van der Waals surface area (Å²) < 4.78 is 5.19. The quantitative estimate of drug-likeness (QED) is 0.728. The van der Waals surface area contributed by atoms with Crippen LogP contribution >= 0.6 is 0 Å². The average Bonchev–Trinajstić information content (AvgIpc) is 2.36. The molecule has 0 aliphatic carbocycles. The monoisotopic (exact) mass is 282 g/mol. The van der Waals surface area contributed by atoms with Gasteiger partial charge in [-0.3, -0.25) is 4.79 Å². The Morgan fingerprint density at radius 1 is 1.40 bits per heavy atom. The molecule has 112 valence electrons. The van der Waals surface area contributed by atoms with Gasteiger partial charge >= 0.3 is 6.01 Å². The number of carbonyl (C=O) groups excluding carboxylic acids is 1. The minimum Gasteiger partial charge on any atom is -0.464 e. The number of ether oxygens (including phenoxy) is 1. The van der Waals surface area contributed by atoms with Crippen LogP contribution < -0.4 is 20.7 Å². The second-order valence-corrected chi connectivity index (χ2v) is 4.76. The summed E-state index contributed by atoms with van der Waals surface area (Å²) in [6, 6.07) is 0.157. The van der Waals surface area contributed by atoms with Crippen LogP contribution in [0.5, 0.6) is 6.01 Å². The Labute approximate surface area is 118 Å². The molecule has 1 aromatic heterocycles. The van der Waals surface area contributed by atoms with Crippen LogP contribution in [0, 0.1) is 5.92 Å². The molecular weight excluding hydrogens is 260 g/mol. The van der Waals surface area contributed by atoms with Crippen LogP contribution in [0.4, 0.5) is 11.9 Å². The lowest BCUT2D eigenvalue weighted by atomic mass is 10.2. The lowest BCUT2D eigenvalue weighted by molar-refractivity contribution is -0.119. The van der Waals surface area contributed by atoms with E-state index in [0.717, 1.165) is 0 Å². The molecule has 1 heterocycles. The first-order valence-electron chi connectivity index (χ1n) is 6.54. The highest BCUT2D eigenvalue weighted by Gasteiger charge is 2.13. The second kappa shape index (κ2) is 7.46. The van der Waals surface area contributed by atoms with Crippen molar-refractivity contribution >= 4 is 17.8 Å². The maximum Gasteiger partial charge on any atom is 0.323 e. The summed E-state index contributed by atoms with van der Waals surface area (Å²) in [7, 11) is 1.71. The Morgan fingerprint density at radius 2 is 2.10 bits per heavy atom. The van der Waals surface area contributed by atoms with E-state index in [-0.39, 0.29) is 24.4 Å². The van der Waals surface area contributed by atoms with Crippen LogP contribution in [0.3, 0.4) is 0 Å². The van der Waals surface area contributed by atoms with E-state index in [1.165, 1.54) is 0 Å². The summed E-state index contributed by atoms with van der Waals surface area (Å²) in [5.41, 5.74) is 5.59. The van der Waals surface area contributed by atoms with Crippen molar-refractivity contribution in [1.29, 1.82) is 0 Å². The fraction of sp³-hybridized carbons (Fsp3) is 0.667. The van der Waals surface area contributed by atoms with Gasteiger partial charge in [-0.2, -0.15) is 15.0 Å². The molecule has 1 aromatic rings. The van der Waals surface area contributed by atoms with Crippen LogP contribution in [-0.2, 0) is 4.79 Å². The fourth-order valence-electron chi connectivity index (χ4n) is 1.39. The zero-order valence-electron chi connectivity index (χ0n) is 12.4. The Morgan fingerprint density at radius 3 is 2.70 bits per heavy atom. The molecule has 0 radical (unpaired) electrons. The van der Waals surface area contributed by atoms with Gasteiger partial charge in [0, 0.05) is 13.6 Å². The molecule has 8 nitrogen and oxygen atoms in total. The summed E-state index contributed by atoms with van der Waals surface area (Å²) in [6.45, 7) is 7.10. The van der Waals surface area contributed by atoms with E-state index < -0.39 is 0 Å². The van der Waals surface area contributed by atoms with E-state index in [2.05, 4.69) is 20.3 Å². The molecule has 0 aromatic carbocycles. The lowest BCUT2D eigenvalue weighted by Crippen LogP contribution is -2.37. The summed E-state index contributed by atoms with van der Waals surface area (Å²) in [5, 5.41) is 2.82. The van der Waals surface area contributed by atoms with E-state index >= 15 is 0 Å². The fourth-order valence-corrected chi connectivity index (χ4v) is 1.39. The van der Waals surface area contributed by atoms with Gasteiger partial charge in [-0.15, -0.1) is 0 Å². The highest BCUT2D eigenvalue weighted by atomic mass is 16.5. The minimum atomic E-state index is -0.0989. The smallest absolute Gasteiger partial charge is 0.323 e. The molecule has 0 aliphatic heterocycles. The third-order valence-corrected chi connectivity index (χ3v) is 2.32. The van der Waals surface area contributed by atoms with Gasteiger partial charge in [0.05, 0.1) is 13.2 Å². The van der Waals surface area contributed by atoms with Crippen molar-refractivity contribution in [1.82, 2.24) is 20.3 Å². The number of anilines is 2. The van der Waals surface area contributed by atoms with Crippen LogP contribution in [0.2, 0.25) is 0 Å². The summed E-state index contributed by atoms with van der Waals surface area (Å²) >= 11 is 0. The Kier molecular flexibility index (Phi) is 5.95. The van der Waals surface area contributed by atoms with Crippen molar-refractivity contribution in [2.24, 2.45) is 5.92 Å². The molecule has 0 saturated carbocycles. The largest absolute Gasteiger partial charge is 0.464 e. The first-order valence-corrected chi connectivity index (χ1v) is 6.54. The van der Waals surface area contributed by atoms with Gasteiger partial charge in [-0.25, -0.2) is 0 Å². The van der Waals surface area contributed by atoms with E-state index in [9.17, 15) is 4.79 Å². The van der Waals surface area contributed by atoms with Gasteiger partial charge in [0.25, 0.3) is 0 Å². The normalized spacial score (nSPS) is 10.4. The number of likely N-dealkylation sites (N-methyl/N-ethyl adjacent to an activating group) is 1. The lowest BCUT2D eigenvalue weighted by Gasteiger charge is -2.17. The first-order chi connectivity index (χ1) is 9.42. The van der Waals surface area contributed by atoms with Gasteiger partial charge in [-0.1, -0.05) is 13.8 Å². The van der Waals surface area contributed by atoms with Gasteiger partial charge in [0.15, 0.2) is 0 Å². The topological polar surface area (TPSA) is 106 Å². The summed E-state index contributed by atoms with van der Waals surface area (Å²) in [4.78, 5) is 25.3. The van der Waals surface area contributed by atoms with Crippen LogP contribution in [0.15, 0.2) is 0 Å². The maximum absolute atomic E-state index is 11.7. The van der Waals surface area contributed by atoms with Crippen molar-refractivity contribution in [3.8, 4) is 6.01 Å². The molecule has 8 heteroatoms. The predicted octanol–water partition coefficient (Wildman–Crippen LogP) is 0.0609. The maximum atomic E-state index is 11.7. The molecule has 0 saturated heterocycles. The van der Waals surface area contributed by atoms with Gasteiger partial charge in [0.1, 0.15) is 0 Å². The van der Waals surface area contributed by atoms with Gasteiger partial charge in [-0.05, 0) is 12.8 Å². The molecule has 0 fully saturated rings. The van der Waals surface area contributed by atoms with Gasteiger partial charge in [0.2, 0.25) is 17.8 Å². The van der Waals surface area contributed by atoms with Gasteiger partial charge < -0.3 is 20.7 Å². The molecule has 0 bridgehead atoms. The number of nitrogens with zero attached hydrogens (tertiary/aromatic N) is 4. The summed E-state index contributed by atoms with van der Waals surface area (Å²) in [5.74, 6) is 0.674. The number of hydrogen-bond acceptors (Lipinski definition) is 7. The third kappa shape index (κ3) is 5.25. The number of aromatic nitrogens is 3. The van der Waals surface area contributed by atoms with Crippen molar-refractivity contribution in [2.75, 3.05) is 37.4 Å². The van der Waals surface area contributed by atoms with Crippen molar-refractivity contribution in [3.05, 3.63) is 0 Å². The molecule has 0 unspecified atom stereocenters.